The molecule has 15 nitrogen and oxygen atoms in total. The summed E-state index contributed by atoms with van der Waals surface area (Å²) in [5.41, 5.74) is -4.69. The lowest BCUT2D eigenvalue weighted by Crippen LogP contribution is -2.61. The maximum Gasteiger partial charge on any atom is 0.311 e. The van der Waals surface area contributed by atoms with E-state index in [1.54, 1.807) is 48.5 Å². The number of methoxy groups -OCH3 is 1. The van der Waals surface area contributed by atoms with E-state index in [1.807, 2.05) is 25.9 Å². The Labute approximate surface area is 303 Å². The number of nitrogens with zero attached hydrogens (tertiary/aromatic N) is 2. The number of aliphatic hydroxyl groups excluding tert-OH is 3. The number of esters is 1. The summed E-state index contributed by atoms with van der Waals surface area (Å²) in [5.74, 6) is -4.26. The molecule has 0 aromatic carbocycles. The monoisotopic (exact) mass is 734 g/mol. The number of ether oxygens (including phenoxy) is 6. The number of oxime groups is 1. The molecule has 15 heteroatoms. The van der Waals surface area contributed by atoms with E-state index in [2.05, 4.69) is 5.16 Å². The van der Waals surface area contributed by atoms with Gasteiger partial charge in [0.15, 0.2) is 12.6 Å². The number of rotatable bonds is 6. The van der Waals surface area contributed by atoms with Crippen LogP contribution in [-0.4, -0.2) is 153 Å². The van der Waals surface area contributed by atoms with E-state index in [4.69, 9.17) is 28.4 Å². The molecule has 3 heterocycles. The quantitative estimate of drug-likeness (QED) is 0.130. The predicted molar refractivity (Wildman–Crippen MR) is 186 cm³/mol. The first-order valence-corrected chi connectivity index (χ1v) is 18.2. The second-order valence-corrected chi connectivity index (χ2v) is 16.3. The Bertz CT molecular complexity index is 1190. The maximum atomic E-state index is 14.0. The molecule has 3 aliphatic heterocycles. The van der Waals surface area contributed by atoms with E-state index >= 15 is 0 Å². The zero-order valence-electron chi connectivity index (χ0n) is 32.7. The summed E-state index contributed by atoms with van der Waals surface area (Å²) < 4.78 is 37.0. The molecule has 0 radical (unpaired) electrons. The number of cyclic esters (lactones) is 1. The maximum absolute atomic E-state index is 14.0. The van der Waals surface area contributed by atoms with E-state index < -0.39 is 102 Å². The topological polar surface area (TPSA) is 209 Å². The van der Waals surface area contributed by atoms with Crippen LogP contribution in [-0.2, 0) is 33.2 Å². The minimum Gasteiger partial charge on any atom is -0.459 e. The highest BCUT2D eigenvalue weighted by molar-refractivity contribution is 5.88. The summed E-state index contributed by atoms with van der Waals surface area (Å²) in [6.45, 7) is 16.3. The van der Waals surface area contributed by atoms with Crippen LogP contribution >= 0.6 is 0 Å². The smallest absolute Gasteiger partial charge is 0.311 e. The summed E-state index contributed by atoms with van der Waals surface area (Å²) in [4.78, 5) is 15.9. The van der Waals surface area contributed by atoms with Gasteiger partial charge in [0.2, 0.25) is 0 Å². The van der Waals surface area contributed by atoms with Gasteiger partial charge in [-0.1, -0.05) is 25.9 Å². The van der Waals surface area contributed by atoms with Gasteiger partial charge in [-0.3, -0.25) is 4.79 Å². The second kappa shape index (κ2) is 16.9. The molecule has 6 N–H and O–H groups in total. The van der Waals surface area contributed by atoms with Gasteiger partial charge in [-0.05, 0) is 75.4 Å². The Kier molecular flexibility index (Phi) is 14.5. The van der Waals surface area contributed by atoms with Crippen LogP contribution in [0.1, 0.15) is 88.5 Å². The lowest BCUT2D eigenvalue weighted by molar-refractivity contribution is -0.317. The van der Waals surface area contributed by atoms with E-state index in [-0.39, 0.29) is 30.7 Å². The summed E-state index contributed by atoms with van der Waals surface area (Å²) in [5, 5.41) is 71.3. The van der Waals surface area contributed by atoms with Crippen molar-refractivity contribution in [2.24, 2.45) is 28.8 Å². The molecule has 0 aromatic heterocycles. The van der Waals surface area contributed by atoms with Gasteiger partial charge in [0.1, 0.15) is 23.9 Å². The third kappa shape index (κ3) is 9.42. The summed E-state index contributed by atoms with van der Waals surface area (Å²) in [6, 6.07) is -0.322. The fourth-order valence-electron chi connectivity index (χ4n) is 8.20. The van der Waals surface area contributed by atoms with E-state index in [0.717, 1.165) is 0 Å². The van der Waals surface area contributed by atoms with Crippen LogP contribution in [0.4, 0.5) is 0 Å². The van der Waals surface area contributed by atoms with Crippen molar-refractivity contribution >= 4 is 11.7 Å². The Morgan fingerprint density at radius 2 is 1.49 bits per heavy atom. The third-order valence-electron chi connectivity index (χ3n) is 11.8. The molecule has 3 fully saturated rings. The highest BCUT2D eigenvalue weighted by Gasteiger charge is 2.53. The van der Waals surface area contributed by atoms with Crippen molar-refractivity contribution in [3.8, 4) is 0 Å². The normalized spacial score (nSPS) is 50.5. The third-order valence-corrected chi connectivity index (χ3v) is 11.8. The van der Waals surface area contributed by atoms with Gasteiger partial charge in [0.05, 0.1) is 53.4 Å². The summed E-state index contributed by atoms with van der Waals surface area (Å²) in [6.07, 6.45) is -9.71. The van der Waals surface area contributed by atoms with Crippen molar-refractivity contribution < 1.29 is 64.0 Å². The average Bonchev–Trinajstić information content (AvgIpc) is 3.04. The molecule has 12 unspecified atom stereocenters. The molecule has 0 saturated carbocycles. The van der Waals surface area contributed by atoms with Gasteiger partial charge >= 0.3 is 5.97 Å². The van der Waals surface area contributed by atoms with Crippen LogP contribution < -0.4 is 0 Å². The molecular formula is C36H66N2O13. The van der Waals surface area contributed by atoms with Crippen LogP contribution in [0.15, 0.2) is 5.16 Å². The molecule has 0 spiro atoms. The van der Waals surface area contributed by atoms with Crippen LogP contribution in [0.25, 0.3) is 0 Å². The van der Waals surface area contributed by atoms with Crippen molar-refractivity contribution in [2.45, 2.75) is 173 Å². The Morgan fingerprint density at radius 3 is 2.04 bits per heavy atom. The predicted octanol–water partition coefficient (Wildman–Crippen LogP) is 1.66. The van der Waals surface area contributed by atoms with E-state index in [0.29, 0.717) is 6.42 Å². The van der Waals surface area contributed by atoms with Gasteiger partial charge in [-0.25, -0.2) is 0 Å². The van der Waals surface area contributed by atoms with Crippen LogP contribution in [0, 0.1) is 23.7 Å². The van der Waals surface area contributed by atoms with E-state index in [1.165, 1.54) is 21.0 Å². The molecule has 3 rings (SSSR count). The molecule has 18 atom stereocenters. The molecule has 0 aliphatic carbocycles. The van der Waals surface area contributed by atoms with Crippen molar-refractivity contribution in [3.05, 3.63) is 0 Å². The number of carbonyl (C=O) groups is 1. The van der Waals surface area contributed by atoms with Crippen molar-refractivity contribution in [2.75, 3.05) is 21.2 Å². The molecular weight excluding hydrogens is 668 g/mol. The Balaban J connectivity index is 2.19. The van der Waals surface area contributed by atoms with E-state index in [9.17, 15) is 35.5 Å². The molecule has 298 valence electrons. The van der Waals surface area contributed by atoms with Gasteiger partial charge < -0.3 is 64.1 Å². The minimum atomic E-state index is -1.98. The van der Waals surface area contributed by atoms with Crippen molar-refractivity contribution in [1.82, 2.24) is 4.90 Å². The molecule has 51 heavy (non-hydrogen) atoms. The van der Waals surface area contributed by atoms with Gasteiger partial charge in [0.25, 0.3) is 0 Å². The number of likely N-dealkylation sites (N-methyl/N-ethyl adjacent to an activating group) is 1. The largest absolute Gasteiger partial charge is 0.459 e. The zero-order chi connectivity index (χ0) is 39.0. The highest BCUT2D eigenvalue weighted by atomic mass is 16.7. The van der Waals surface area contributed by atoms with Crippen molar-refractivity contribution in [1.29, 1.82) is 0 Å². The first-order chi connectivity index (χ1) is 23.4. The van der Waals surface area contributed by atoms with Crippen LogP contribution in [0.2, 0.25) is 0 Å². The SMILES string of the molecule is COC1(C)CC(OC2[C@H](C)C(OC3O[C@H](C)CC(N(C)C)C3O)C(C)(O)C[C@@H](C)/C(=N/O)C(C)C(O)C(C)(O)[C@@H](C)OC(=O)[C@@H]2C)O[C@@H](C)C1O. The lowest BCUT2D eigenvalue weighted by atomic mass is 9.74. The first kappa shape index (κ1) is 43.9. The standard InChI is InChI=1S/C36H66N2O13/c1-17-15-34(8,43)31(51-33-27(39)24(38(11)12)14-18(2)47-33)20(4)28(50-25-16-35(9,46-13)30(41)22(6)48-25)21(5)32(42)49-23(7)36(10,44)29(40)19(3)26(17)37-45/h17-25,27-31,33,39-41,43-45H,14-16H2,1-13H3/b37-26-/t17-,18-,19?,20+,21-,22+,23-,24?,25?,27?,28?,29?,30?,31?,33?,34?,35?,36?/m1/s1. The Hall–Kier alpha value is -1.50. The zero-order valence-corrected chi connectivity index (χ0v) is 32.7. The van der Waals surface area contributed by atoms with Crippen molar-refractivity contribution in [3.63, 3.8) is 0 Å². The highest BCUT2D eigenvalue weighted by Crippen LogP contribution is 2.40. The minimum absolute atomic E-state index is 0.0674. The molecule has 3 aliphatic rings. The fourth-order valence-corrected chi connectivity index (χ4v) is 8.20. The first-order valence-electron chi connectivity index (χ1n) is 18.2. The van der Waals surface area contributed by atoms with Gasteiger partial charge in [0, 0.05) is 37.3 Å². The van der Waals surface area contributed by atoms with Gasteiger partial charge in [-0.2, -0.15) is 0 Å². The molecule has 0 amide bonds. The number of aliphatic hydroxyl groups is 5. The summed E-state index contributed by atoms with van der Waals surface area (Å²) >= 11 is 0. The number of hydrogen-bond donors (Lipinski definition) is 6. The number of hydrogen-bond acceptors (Lipinski definition) is 15. The number of carbonyl (C=O) groups excluding carboxylic acids is 1. The fraction of sp³-hybridized carbons (Fsp3) is 0.944. The molecule has 3 saturated heterocycles. The lowest BCUT2D eigenvalue weighted by Gasteiger charge is -2.49. The van der Waals surface area contributed by atoms with Gasteiger partial charge in [-0.15, -0.1) is 0 Å². The summed E-state index contributed by atoms with van der Waals surface area (Å²) in [7, 11) is 5.18. The average molecular weight is 735 g/mol. The Morgan fingerprint density at radius 1 is 0.882 bits per heavy atom. The molecule has 0 aromatic rings. The molecule has 0 bridgehead atoms. The second-order valence-electron chi connectivity index (χ2n) is 16.3. The van der Waals surface area contributed by atoms with Crippen LogP contribution in [0.5, 0.6) is 0 Å². The van der Waals surface area contributed by atoms with Crippen LogP contribution in [0.3, 0.4) is 0 Å².